The van der Waals surface area contributed by atoms with Gasteiger partial charge < -0.3 is 6.16 Å². The first-order chi connectivity index (χ1) is 4.56. The third-order valence-electron chi connectivity index (χ3n) is 0.721. The van der Waals surface area contributed by atoms with Gasteiger partial charge in [0.1, 0.15) is 0 Å². The Balaban J connectivity index is -0.000000405. The van der Waals surface area contributed by atoms with E-state index in [9.17, 15) is 8.42 Å². The summed E-state index contributed by atoms with van der Waals surface area (Å²) < 4.78 is 33.0. The predicted octanol–water partition coefficient (Wildman–Crippen LogP) is -2.81. The minimum absolute atomic E-state index is 0. The van der Waals surface area contributed by atoms with Gasteiger partial charge in [-0.1, -0.05) is 6.08 Å². The monoisotopic (exact) mass is 190 g/mol. The summed E-state index contributed by atoms with van der Waals surface area (Å²) in [6.07, 6.45) is 1.50. The quantitative estimate of drug-likeness (QED) is 0.220. The first-order valence-electron chi connectivity index (χ1n) is 2.70. The maximum absolute atomic E-state index is 10.0. The summed E-state index contributed by atoms with van der Waals surface area (Å²) in [6.45, 7) is 3.66. The molecule has 0 saturated heterocycles. The Hall–Kier alpha value is 0.610. The fourth-order valence-electron chi connectivity index (χ4n) is 0.331. The summed E-state index contributed by atoms with van der Waals surface area (Å²) in [4.78, 5) is 0. The van der Waals surface area contributed by atoms with Crippen LogP contribution in [0.3, 0.4) is 0 Å². The zero-order chi connectivity index (χ0) is 8.04. The average molecular weight is 190 g/mol. The molecule has 0 aliphatic rings. The van der Waals surface area contributed by atoms with Crippen LogP contribution in [0.1, 0.15) is 1.43 Å². The van der Waals surface area contributed by atoms with Crippen LogP contribution in [0, 0.1) is 0 Å². The molecule has 0 rings (SSSR count). The minimum atomic E-state index is -3.86. The Morgan fingerprint density at radius 3 is 2.55 bits per heavy atom. The normalized spacial score (nSPS) is 10.3. The summed E-state index contributed by atoms with van der Waals surface area (Å²) in [7, 11) is -3.86. The van der Waals surface area contributed by atoms with Crippen molar-refractivity contribution in [2.24, 2.45) is 0 Å². The molecule has 0 radical (unpaired) electrons. The smallest absolute Gasteiger partial charge is 1.00 e. The van der Waals surface area contributed by atoms with Crippen molar-refractivity contribution in [3.63, 3.8) is 0 Å². The Morgan fingerprint density at radius 2 is 2.18 bits per heavy atom. The molecule has 0 aromatic heterocycles. The molecule has 4 nitrogen and oxygen atoms in total. The molecule has 0 spiro atoms. The largest absolute Gasteiger partial charge is 1.00 e. The fourth-order valence-corrected chi connectivity index (χ4v) is 0.659. The molecule has 1 N–H and O–H groups in total. The van der Waals surface area contributed by atoms with Crippen LogP contribution in [0.25, 0.3) is 0 Å². The maximum Gasteiger partial charge on any atom is 1.00 e. The minimum Gasteiger partial charge on any atom is -1.00 e. The van der Waals surface area contributed by atoms with Gasteiger partial charge in [0.15, 0.2) is 0 Å². The van der Waals surface area contributed by atoms with Gasteiger partial charge in [0.25, 0.3) is 10.1 Å². The van der Waals surface area contributed by atoms with E-state index in [4.69, 9.17) is 9.29 Å². The van der Waals surface area contributed by atoms with Gasteiger partial charge in [-0.05, 0) is 0 Å². The van der Waals surface area contributed by atoms with Crippen LogP contribution in [-0.4, -0.2) is 31.9 Å². The second kappa shape index (κ2) is 7.27. The standard InChI is InChI=1S/C5H10O4S.Na.H/c1-2-3-9-4-5-10(6,7)8;;/h2H,1,3-5H2,(H,6,7,8);;/q;+1;-1. The number of hydrogen-bond donors (Lipinski definition) is 1. The molecular formula is C5H11NaO4S. The topological polar surface area (TPSA) is 63.6 Å². The summed E-state index contributed by atoms with van der Waals surface area (Å²) in [5.74, 6) is -0.360. The Bertz CT molecular complexity index is 192. The molecule has 0 unspecified atom stereocenters. The third kappa shape index (κ3) is 13.6. The van der Waals surface area contributed by atoms with Crippen LogP contribution in [0.2, 0.25) is 0 Å². The number of rotatable bonds is 5. The van der Waals surface area contributed by atoms with Crippen molar-refractivity contribution in [2.75, 3.05) is 19.0 Å². The SMILES string of the molecule is C=CCOCCS(=O)(=O)O.[H-].[Na+]. The average Bonchev–Trinajstić information content (AvgIpc) is 1.78. The summed E-state index contributed by atoms with van der Waals surface area (Å²) in [5, 5.41) is 0. The van der Waals surface area contributed by atoms with Crippen LogP contribution in [-0.2, 0) is 14.9 Å². The van der Waals surface area contributed by atoms with Crippen LogP contribution in [0.15, 0.2) is 12.7 Å². The first-order valence-corrected chi connectivity index (χ1v) is 4.31. The van der Waals surface area contributed by atoms with Gasteiger partial charge in [-0.2, -0.15) is 8.42 Å². The molecule has 0 fully saturated rings. The molecule has 0 amide bonds. The Labute approximate surface area is 90.1 Å². The van der Waals surface area contributed by atoms with Gasteiger partial charge in [-0.3, -0.25) is 4.55 Å². The number of ether oxygens (including phenoxy) is 1. The van der Waals surface area contributed by atoms with E-state index in [-0.39, 0.29) is 43.3 Å². The van der Waals surface area contributed by atoms with Gasteiger partial charge in [0.2, 0.25) is 0 Å². The second-order valence-electron chi connectivity index (χ2n) is 1.65. The molecule has 6 heteroatoms. The van der Waals surface area contributed by atoms with Crippen molar-refractivity contribution < 1.29 is 48.7 Å². The van der Waals surface area contributed by atoms with Gasteiger partial charge in [0.05, 0.1) is 19.0 Å². The Kier molecular flexibility index (Phi) is 9.35. The molecule has 0 heterocycles. The molecule has 0 atom stereocenters. The summed E-state index contributed by atoms with van der Waals surface area (Å²) in [5.41, 5.74) is 0. The molecular weight excluding hydrogens is 179 g/mol. The van der Waals surface area contributed by atoms with Crippen LogP contribution >= 0.6 is 0 Å². The van der Waals surface area contributed by atoms with Crippen LogP contribution in [0.5, 0.6) is 0 Å². The van der Waals surface area contributed by atoms with Gasteiger partial charge in [0, 0.05) is 0 Å². The molecule has 0 bridgehead atoms. The molecule has 0 aliphatic carbocycles. The van der Waals surface area contributed by atoms with Crippen LogP contribution < -0.4 is 29.6 Å². The zero-order valence-corrected chi connectivity index (χ0v) is 9.30. The van der Waals surface area contributed by atoms with E-state index in [0.717, 1.165) is 0 Å². The van der Waals surface area contributed by atoms with Crippen molar-refractivity contribution in [1.82, 2.24) is 0 Å². The van der Waals surface area contributed by atoms with E-state index in [1.54, 1.807) is 0 Å². The molecule has 0 aliphatic heterocycles. The van der Waals surface area contributed by atoms with E-state index in [1.807, 2.05) is 0 Å². The van der Waals surface area contributed by atoms with Gasteiger partial charge in [-0.25, -0.2) is 0 Å². The van der Waals surface area contributed by atoms with Crippen molar-refractivity contribution in [3.05, 3.63) is 12.7 Å². The van der Waals surface area contributed by atoms with E-state index in [0.29, 0.717) is 6.61 Å². The van der Waals surface area contributed by atoms with Crippen molar-refractivity contribution in [3.8, 4) is 0 Å². The maximum atomic E-state index is 10.0. The molecule has 0 aromatic carbocycles. The number of hydrogen-bond acceptors (Lipinski definition) is 3. The van der Waals surface area contributed by atoms with Crippen LogP contribution in [0.4, 0.5) is 0 Å². The zero-order valence-electron chi connectivity index (χ0n) is 7.49. The van der Waals surface area contributed by atoms with Gasteiger partial charge in [-0.15, -0.1) is 6.58 Å². The van der Waals surface area contributed by atoms with Gasteiger partial charge >= 0.3 is 29.6 Å². The summed E-state index contributed by atoms with van der Waals surface area (Å²) >= 11 is 0. The van der Waals surface area contributed by atoms with E-state index in [2.05, 4.69) is 6.58 Å². The van der Waals surface area contributed by atoms with Crippen molar-refractivity contribution in [2.45, 2.75) is 0 Å². The third-order valence-corrected chi connectivity index (χ3v) is 1.40. The molecule has 0 aromatic rings. The molecule has 11 heavy (non-hydrogen) atoms. The van der Waals surface area contributed by atoms with E-state index >= 15 is 0 Å². The Morgan fingerprint density at radius 1 is 1.64 bits per heavy atom. The van der Waals surface area contributed by atoms with E-state index in [1.165, 1.54) is 6.08 Å². The van der Waals surface area contributed by atoms with Crippen molar-refractivity contribution in [1.29, 1.82) is 0 Å². The second-order valence-corrected chi connectivity index (χ2v) is 3.22. The molecule has 0 saturated carbocycles. The van der Waals surface area contributed by atoms with Crippen molar-refractivity contribution >= 4 is 10.1 Å². The first kappa shape index (κ1) is 14.2. The predicted molar refractivity (Wildman–Crippen MR) is 38.5 cm³/mol. The fraction of sp³-hybridized carbons (Fsp3) is 0.600. The molecule has 62 valence electrons. The van der Waals surface area contributed by atoms with E-state index < -0.39 is 10.1 Å². The summed E-state index contributed by atoms with van der Waals surface area (Å²) in [6, 6.07) is 0.